The van der Waals surface area contributed by atoms with Gasteiger partial charge in [0.1, 0.15) is 9.90 Å². The second kappa shape index (κ2) is 5.39. The summed E-state index contributed by atoms with van der Waals surface area (Å²) < 4.78 is 13.8. The van der Waals surface area contributed by atoms with Crippen LogP contribution in [-0.4, -0.2) is 11.5 Å². The molecule has 2 aromatic carbocycles. The fourth-order valence-electron chi connectivity index (χ4n) is 2.31. The van der Waals surface area contributed by atoms with Gasteiger partial charge in [0.15, 0.2) is 0 Å². The summed E-state index contributed by atoms with van der Waals surface area (Å²) in [5.41, 5.74) is 1.81. The van der Waals surface area contributed by atoms with Gasteiger partial charge in [0.2, 0.25) is 0 Å². The van der Waals surface area contributed by atoms with Crippen LogP contribution in [0.3, 0.4) is 0 Å². The van der Waals surface area contributed by atoms with Gasteiger partial charge in [-0.1, -0.05) is 41.9 Å². The van der Waals surface area contributed by atoms with Crippen LogP contribution >= 0.6 is 35.1 Å². The van der Waals surface area contributed by atoms with Crippen molar-refractivity contribution in [3.8, 4) is 0 Å². The van der Waals surface area contributed by atoms with E-state index in [2.05, 4.69) is 0 Å². The molecule has 1 heterocycles. The van der Waals surface area contributed by atoms with E-state index in [0.29, 0.717) is 5.02 Å². The fourth-order valence-corrected chi connectivity index (χ4v) is 5.81. The Kier molecular flexibility index (Phi) is 3.79. The van der Waals surface area contributed by atoms with Crippen molar-refractivity contribution in [2.75, 3.05) is 11.5 Å². The molecular weight excluding hydrogens is 299 g/mol. The van der Waals surface area contributed by atoms with Crippen molar-refractivity contribution in [3.05, 3.63) is 70.5 Å². The molecule has 0 unspecified atom stereocenters. The van der Waals surface area contributed by atoms with Crippen LogP contribution in [-0.2, 0) is 4.08 Å². The van der Waals surface area contributed by atoms with Gasteiger partial charge in [-0.05, 0) is 23.8 Å². The van der Waals surface area contributed by atoms with Gasteiger partial charge >= 0.3 is 0 Å². The maximum atomic E-state index is 14.2. The summed E-state index contributed by atoms with van der Waals surface area (Å²) in [4.78, 5) is 0. The second-order valence-corrected chi connectivity index (χ2v) is 7.62. The maximum absolute atomic E-state index is 14.2. The van der Waals surface area contributed by atoms with Crippen LogP contribution in [0.5, 0.6) is 0 Å². The molecule has 0 aliphatic carbocycles. The Morgan fingerprint density at radius 2 is 1.74 bits per heavy atom. The van der Waals surface area contributed by atoms with Gasteiger partial charge in [0.25, 0.3) is 0 Å². The first-order valence-electron chi connectivity index (χ1n) is 6.01. The Bertz CT molecular complexity index is 594. The molecule has 98 valence electrons. The van der Waals surface area contributed by atoms with Crippen LogP contribution < -0.4 is 0 Å². The quantitative estimate of drug-likeness (QED) is 0.751. The molecule has 3 rings (SSSR count). The van der Waals surface area contributed by atoms with E-state index in [4.69, 9.17) is 11.6 Å². The van der Waals surface area contributed by atoms with Crippen molar-refractivity contribution < 1.29 is 4.39 Å². The molecule has 0 amide bonds. The SMILES string of the molecule is Fc1ccccc1C1(c2cccc(Cl)c2)SCCS1. The number of thioether (sulfide) groups is 2. The maximum Gasteiger partial charge on any atom is 0.129 e. The predicted molar refractivity (Wildman–Crippen MR) is 83.5 cm³/mol. The molecule has 0 aromatic heterocycles. The summed E-state index contributed by atoms with van der Waals surface area (Å²) in [6, 6.07) is 14.8. The van der Waals surface area contributed by atoms with Gasteiger partial charge in [0.05, 0.1) is 0 Å². The average Bonchev–Trinajstić information content (AvgIpc) is 2.90. The lowest BCUT2D eigenvalue weighted by atomic mass is 10.0. The van der Waals surface area contributed by atoms with E-state index >= 15 is 0 Å². The summed E-state index contributed by atoms with van der Waals surface area (Å²) >= 11 is 9.67. The van der Waals surface area contributed by atoms with Gasteiger partial charge in [-0.25, -0.2) is 4.39 Å². The first kappa shape index (κ1) is 13.3. The third-order valence-corrected chi connectivity index (χ3v) is 6.87. The molecule has 0 radical (unpaired) electrons. The summed E-state index contributed by atoms with van der Waals surface area (Å²) in [6.45, 7) is 0. The monoisotopic (exact) mass is 310 g/mol. The molecule has 19 heavy (non-hydrogen) atoms. The second-order valence-electron chi connectivity index (χ2n) is 4.30. The zero-order valence-electron chi connectivity index (χ0n) is 10.1. The highest BCUT2D eigenvalue weighted by atomic mass is 35.5. The van der Waals surface area contributed by atoms with Crippen LogP contribution in [0.15, 0.2) is 48.5 Å². The highest BCUT2D eigenvalue weighted by molar-refractivity contribution is 8.20. The van der Waals surface area contributed by atoms with Crippen molar-refractivity contribution >= 4 is 35.1 Å². The van der Waals surface area contributed by atoms with Crippen molar-refractivity contribution in [1.29, 1.82) is 0 Å². The van der Waals surface area contributed by atoms with E-state index in [1.165, 1.54) is 6.07 Å². The minimum atomic E-state index is -0.365. The highest BCUT2D eigenvalue weighted by Crippen LogP contribution is 2.57. The number of hydrogen-bond acceptors (Lipinski definition) is 2. The third kappa shape index (κ3) is 2.39. The van der Waals surface area contributed by atoms with E-state index in [0.717, 1.165) is 22.6 Å². The molecule has 0 spiro atoms. The summed E-state index contributed by atoms with van der Waals surface area (Å²) in [5, 5.41) is 0.696. The van der Waals surface area contributed by atoms with Gasteiger partial charge in [-0.3, -0.25) is 0 Å². The normalized spacial score (nSPS) is 17.6. The lowest BCUT2D eigenvalue weighted by molar-refractivity contribution is 0.610. The Morgan fingerprint density at radius 3 is 2.42 bits per heavy atom. The molecule has 0 bridgehead atoms. The molecule has 4 heteroatoms. The third-order valence-electron chi connectivity index (χ3n) is 3.13. The van der Waals surface area contributed by atoms with Gasteiger partial charge in [-0.15, -0.1) is 23.5 Å². The summed E-state index contributed by atoms with van der Waals surface area (Å²) in [6.07, 6.45) is 0. The van der Waals surface area contributed by atoms with Gasteiger partial charge in [-0.2, -0.15) is 0 Å². The smallest absolute Gasteiger partial charge is 0.129 e. The number of rotatable bonds is 2. The zero-order valence-corrected chi connectivity index (χ0v) is 12.5. The van der Waals surface area contributed by atoms with Crippen LogP contribution in [0.2, 0.25) is 5.02 Å². The van der Waals surface area contributed by atoms with Crippen LogP contribution in [0.25, 0.3) is 0 Å². The molecule has 1 aliphatic heterocycles. The van der Waals surface area contributed by atoms with Crippen molar-refractivity contribution in [2.45, 2.75) is 4.08 Å². The Balaban J connectivity index is 2.18. The fraction of sp³-hybridized carbons (Fsp3) is 0.200. The average molecular weight is 311 g/mol. The van der Waals surface area contributed by atoms with Gasteiger partial charge in [0, 0.05) is 22.1 Å². The standard InChI is InChI=1S/C15H12ClFS2/c16-12-5-3-4-11(10-12)15(18-8-9-19-15)13-6-1-2-7-14(13)17/h1-7,10H,8-9H2. The van der Waals surface area contributed by atoms with Crippen molar-refractivity contribution in [2.24, 2.45) is 0 Å². The molecule has 1 fully saturated rings. The largest absolute Gasteiger partial charge is 0.207 e. The highest BCUT2D eigenvalue weighted by Gasteiger charge is 2.41. The Labute approximate surface area is 125 Å². The Morgan fingerprint density at radius 1 is 1.00 bits per heavy atom. The molecule has 1 aliphatic rings. The van der Waals surface area contributed by atoms with Crippen LogP contribution in [0, 0.1) is 5.82 Å². The molecule has 0 atom stereocenters. The lowest BCUT2D eigenvalue weighted by Crippen LogP contribution is -2.18. The Hall–Kier alpha value is -0.640. The first-order chi connectivity index (χ1) is 9.22. The predicted octanol–water partition coefficient (Wildman–Crippen LogP) is 5.16. The van der Waals surface area contributed by atoms with Crippen LogP contribution in [0.4, 0.5) is 4.39 Å². The van der Waals surface area contributed by atoms with Crippen LogP contribution in [0.1, 0.15) is 11.1 Å². The number of benzene rings is 2. The van der Waals surface area contributed by atoms with Crippen molar-refractivity contribution in [3.63, 3.8) is 0 Å². The van der Waals surface area contributed by atoms with E-state index in [-0.39, 0.29) is 9.90 Å². The molecule has 2 aromatic rings. The topological polar surface area (TPSA) is 0 Å². The number of hydrogen-bond donors (Lipinski definition) is 0. The molecule has 0 nitrogen and oxygen atoms in total. The molecule has 0 N–H and O–H groups in total. The number of halogens is 2. The molecule has 0 saturated carbocycles. The minimum absolute atomic E-state index is 0.149. The van der Waals surface area contributed by atoms with E-state index in [9.17, 15) is 4.39 Å². The summed E-state index contributed by atoms with van der Waals surface area (Å²) in [5.74, 6) is 1.89. The van der Waals surface area contributed by atoms with E-state index in [1.807, 2.05) is 36.4 Å². The lowest BCUT2D eigenvalue weighted by Gasteiger charge is -2.29. The minimum Gasteiger partial charge on any atom is -0.207 e. The van der Waals surface area contributed by atoms with Gasteiger partial charge < -0.3 is 0 Å². The van der Waals surface area contributed by atoms with Crippen molar-refractivity contribution in [1.82, 2.24) is 0 Å². The van der Waals surface area contributed by atoms with E-state index in [1.54, 1.807) is 29.6 Å². The zero-order chi connectivity index (χ0) is 13.3. The summed E-state index contributed by atoms with van der Waals surface area (Å²) in [7, 11) is 0. The first-order valence-corrected chi connectivity index (χ1v) is 8.36. The molecular formula is C15H12ClFS2. The van der Waals surface area contributed by atoms with E-state index < -0.39 is 0 Å². The molecule has 1 saturated heterocycles.